The zero-order valence-corrected chi connectivity index (χ0v) is 15.2. The van der Waals surface area contributed by atoms with E-state index in [4.69, 9.17) is 14.2 Å². The normalized spacial score (nSPS) is 10.3. The Kier molecular flexibility index (Phi) is 6.22. The molecule has 0 atom stereocenters. The summed E-state index contributed by atoms with van der Waals surface area (Å²) in [5.41, 5.74) is 4.22. The largest absolute Gasteiger partial charge is 0.490 e. The van der Waals surface area contributed by atoms with E-state index in [0.29, 0.717) is 24.5 Å². The highest BCUT2D eigenvalue weighted by Gasteiger charge is 2.09. The van der Waals surface area contributed by atoms with Gasteiger partial charge in [-0.05, 0) is 37.3 Å². The van der Waals surface area contributed by atoms with E-state index >= 15 is 0 Å². The lowest BCUT2D eigenvalue weighted by molar-refractivity contribution is 0.0450. The average Bonchev–Trinajstić information content (AvgIpc) is 3.19. The van der Waals surface area contributed by atoms with Gasteiger partial charge in [-0.1, -0.05) is 23.8 Å². The highest BCUT2D eigenvalue weighted by atomic mass is 32.1. The molecule has 134 valence electrons. The molecule has 1 heterocycles. The Bertz CT molecular complexity index is 831. The van der Waals surface area contributed by atoms with E-state index in [0.717, 1.165) is 11.4 Å². The molecule has 5 nitrogen and oxygen atoms in total. The molecule has 2 aromatic carbocycles. The van der Waals surface area contributed by atoms with Gasteiger partial charge in [-0.15, -0.1) is 11.3 Å². The van der Waals surface area contributed by atoms with Gasteiger partial charge in [-0.25, -0.2) is 9.78 Å². The topological polar surface area (TPSA) is 57.7 Å². The summed E-state index contributed by atoms with van der Waals surface area (Å²) >= 11 is 1.52. The second-order valence-corrected chi connectivity index (χ2v) is 6.31. The van der Waals surface area contributed by atoms with Crippen molar-refractivity contribution in [1.29, 1.82) is 0 Å². The molecule has 0 saturated heterocycles. The highest BCUT2D eigenvalue weighted by molar-refractivity contribution is 7.07. The minimum atomic E-state index is -0.406. The van der Waals surface area contributed by atoms with Crippen molar-refractivity contribution in [2.75, 3.05) is 13.2 Å². The number of nitrogens with zero attached hydrogens (tertiary/aromatic N) is 1. The molecule has 3 rings (SSSR count). The van der Waals surface area contributed by atoms with E-state index in [-0.39, 0.29) is 6.61 Å². The first-order valence-corrected chi connectivity index (χ1v) is 9.11. The molecule has 0 spiro atoms. The lowest BCUT2D eigenvalue weighted by Gasteiger charge is -2.09. The van der Waals surface area contributed by atoms with Gasteiger partial charge < -0.3 is 14.2 Å². The lowest BCUT2D eigenvalue weighted by atomic mass is 10.2. The predicted molar refractivity (Wildman–Crippen MR) is 99.8 cm³/mol. The van der Waals surface area contributed by atoms with Crippen molar-refractivity contribution in [1.82, 2.24) is 4.98 Å². The number of thiazole rings is 1. The molecule has 0 aliphatic heterocycles. The fourth-order valence-electron chi connectivity index (χ4n) is 2.19. The third-order valence-electron chi connectivity index (χ3n) is 3.55. The number of benzene rings is 2. The van der Waals surface area contributed by atoms with Gasteiger partial charge in [0.05, 0.1) is 16.8 Å². The maximum atomic E-state index is 12.1. The van der Waals surface area contributed by atoms with Crippen LogP contribution in [0.5, 0.6) is 11.5 Å². The molecule has 26 heavy (non-hydrogen) atoms. The number of rotatable bonds is 8. The fraction of sp³-hybridized carbons (Fsp3) is 0.200. The minimum Gasteiger partial charge on any atom is -0.490 e. The average molecular weight is 369 g/mol. The van der Waals surface area contributed by atoms with Crippen molar-refractivity contribution in [2.24, 2.45) is 0 Å². The second kappa shape index (κ2) is 9.01. The van der Waals surface area contributed by atoms with Crippen LogP contribution in [0.1, 0.15) is 21.6 Å². The van der Waals surface area contributed by atoms with Gasteiger partial charge >= 0.3 is 5.97 Å². The molecule has 3 aromatic rings. The van der Waals surface area contributed by atoms with Crippen molar-refractivity contribution in [3.63, 3.8) is 0 Å². The summed E-state index contributed by atoms with van der Waals surface area (Å²) in [5, 5.41) is 1.92. The van der Waals surface area contributed by atoms with Gasteiger partial charge in [-0.3, -0.25) is 0 Å². The van der Waals surface area contributed by atoms with Crippen LogP contribution >= 0.6 is 11.3 Å². The SMILES string of the molecule is Cc1ccc(OCCOC(=O)c2cccc(OCc3cscn3)c2)cc1. The number of esters is 1. The minimum absolute atomic E-state index is 0.177. The molecular formula is C20H19NO4S. The maximum absolute atomic E-state index is 12.1. The van der Waals surface area contributed by atoms with Crippen molar-refractivity contribution in [3.05, 3.63) is 76.2 Å². The molecule has 0 aliphatic carbocycles. The van der Waals surface area contributed by atoms with Crippen LogP contribution in [0.4, 0.5) is 0 Å². The lowest BCUT2D eigenvalue weighted by Crippen LogP contribution is -2.12. The number of carbonyl (C=O) groups is 1. The van der Waals surface area contributed by atoms with Crippen LogP contribution in [0.3, 0.4) is 0 Å². The summed E-state index contributed by atoms with van der Waals surface area (Å²) in [6.07, 6.45) is 0. The zero-order chi connectivity index (χ0) is 18.2. The van der Waals surface area contributed by atoms with Crippen LogP contribution in [0.15, 0.2) is 59.4 Å². The quantitative estimate of drug-likeness (QED) is 0.438. The second-order valence-electron chi connectivity index (χ2n) is 5.59. The Labute approximate surface area is 156 Å². The van der Waals surface area contributed by atoms with Crippen molar-refractivity contribution < 1.29 is 19.0 Å². The third kappa shape index (κ3) is 5.32. The van der Waals surface area contributed by atoms with Crippen LogP contribution in [0.2, 0.25) is 0 Å². The molecule has 0 radical (unpaired) electrons. The molecule has 0 saturated carbocycles. The van der Waals surface area contributed by atoms with Gasteiger partial charge in [0.1, 0.15) is 31.3 Å². The van der Waals surface area contributed by atoms with Crippen LogP contribution in [-0.2, 0) is 11.3 Å². The summed E-state index contributed by atoms with van der Waals surface area (Å²) in [5.74, 6) is 0.948. The highest BCUT2D eigenvalue weighted by Crippen LogP contribution is 2.16. The fourth-order valence-corrected chi connectivity index (χ4v) is 2.73. The summed E-state index contributed by atoms with van der Waals surface area (Å²) in [7, 11) is 0. The summed E-state index contributed by atoms with van der Waals surface area (Å²) in [4.78, 5) is 16.3. The first-order chi connectivity index (χ1) is 12.7. The third-order valence-corrected chi connectivity index (χ3v) is 4.18. The Morgan fingerprint density at radius 1 is 1.04 bits per heavy atom. The first-order valence-electron chi connectivity index (χ1n) is 8.17. The molecule has 0 unspecified atom stereocenters. The van der Waals surface area contributed by atoms with Gasteiger partial charge in [0.2, 0.25) is 0 Å². The number of ether oxygens (including phenoxy) is 3. The van der Waals surface area contributed by atoms with Gasteiger partial charge in [0.25, 0.3) is 0 Å². The number of hydrogen-bond acceptors (Lipinski definition) is 6. The Morgan fingerprint density at radius 3 is 2.65 bits per heavy atom. The van der Waals surface area contributed by atoms with E-state index in [2.05, 4.69) is 4.98 Å². The van der Waals surface area contributed by atoms with E-state index in [9.17, 15) is 4.79 Å². The summed E-state index contributed by atoms with van der Waals surface area (Å²) < 4.78 is 16.4. The van der Waals surface area contributed by atoms with E-state index in [1.807, 2.05) is 36.6 Å². The molecule has 6 heteroatoms. The Balaban J connectivity index is 1.45. The Morgan fingerprint density at radius 2 is 1.88 bits per heavy atom. The monoisotopic (exact) mass is 369 g/mol. The van der Waals surface area contributed by atoms with Gasteiger partial charge in [0.15, 0.2) is 0 Å². The number of aryl methyl sites for hydroxylation is 1. The van der Waals surface area contributed by atoms with Gasteiger partial charge in [0, 0.05) is 5.38 Å². The van der Waals surface area contributed by atoms with Crippen LogP contribution in [0.25, 0.3) is 0 Å². The van der Waals surface area contributed by atoms with Crippen molar-refractivity contribution in [2.45, 2.75) is 13.5 Å². The first kappa shape index (κ1) is 17.9. The molecular weight excluding hydrogens is 350 g/mol. The van der Waals surface area contributed by atoms with E-state index < -0.39 is 5.97 Å². The zero-order valence-electron chi connectivity index (χ0n) is 14.4. The standard InChI is InChI=1S/C20H19NO4S/c1-15-5-7-18(8-6-15)23-9-10-24-20(22)16-3-2-4-19(11-16)25-12-17-13-26-14-21-17/h2-8,11,13-14H,9-10,12H2,1H3. The number of carbonyl (C=O) groups excluding carboxylic acids is 1. The maximum Gasteiger partial charge on any atom is 0.338 e. The molecule has 1 aromatic heterocycles. The number of aromatic nitrogens is 1. The number of hydrogen-bond donors (Lipinski definition) is 0. The van der Waals surface area contributed by atoms with Crippen molar-refractivity contribution in [3.8, 4) is 11.5 Å². The van der Waals surface area contributed by atoms with Crippen LogP contribution in [0, 0.1) is 6.92 Å². The van der Waals surface area contributed by atoms with Crippen molar-refractivity contribution >= 4 is 17.3 Å². The van der Waals surface area contributed by atoms with Crippen LogP contribution < -0.4 is 9.47 Å². The van der Waals surface area contributed by atoms with Gasteiger partial charge in [-0.2, -0.15) is 0 Å². The van der Waals surface area contributed by atoms with Crippen LogP contribution in [-0.4, -0.2) is 24.2 Å². The summed E-state index contributed by atoms with van der Waals surface area (Å²) in [6.45, 7) is 2.86. The molecule has 0 fully saturated rings. The smallest absolute Gasteiger partial charge is 0.338 e. The molecule has 0 aliphatic rings. The Hall–Kier alpha value is -2.86. The van der Waals surface area contributed by atoms with E-state index in [1.54, 1.807) is 29.8 Å². The van der Waals surface area contributed by atoms with E-state index in [1.165, 1.54) is 16.9 Å². The molecule has 0 N–H and O–H groups in total. The summed E-state index contributed by atoms with van der Waals surface area (Å²) in [6, 6.07) is 14.6. The predicted octanol–water partition coefficient (Wildman–Crippen LogP) is 4.27. The molecule has 0 amide bonds. The molecule has 0 bridgehead atoms.